The lowest BCUT2D eigenvalue weighted by molar-refractivity contribution is -0.160. The summed E-state index contributed by atoms with van der Waals surface area (Å²) in [6, 6.07) is 13.9. The average Bonchev–Trinajstić information content (AvgIpc) is 3.06. The van der Waals surface area contributed by atoms with Gasteiger partial charge in [0.25, 0.3) is 5.91 Å². The van der Waals surface area contributed by atoms with Crippen LogP contribution < -0.4 is 15.7 Å². The molecule has 0 saturated carbocycles. The number of rotatable bonds is 7. The van der Waals surface area contributed by atoms with Gasteiger partial charge in [-0.1, -0.05) is 25.1 Å². The standard InChI is InChI=1S/C20H21N3O5/c1-3-17(28-14-7-5-4-6-8-14)19(25)27-12(2)18(24)21-13-9-10-15-16(11-13)23-20(26)22-15/h4-12,17H,3H2,1-2H3,(H,21,24)(H2,22,23,26)/t12-,17-/m1/s1. The van der Waals surface area contributed by atoms with Gasteiger partial charge in [-0.3, -0.25) is 4.79 Å². The van der Waals surface area contributed by atoms with Crippen LogP contribution in [0.25, 0.3) is 11.0 Å². The molecule has 3 N–H and O–H groups in total. The Balaban J connectivity index is 1.60. The first kappa shape index (κ1) is 19.2. The fourth-order valence-corrected chi connectivity index (χ4v) is 2.62. The van der Waals surface area contributed by atoms with Crippen molar-refractivity contribution in [2.75, 3.05) is 5.32 Å². The Morgan fingerprint density at radius 3 is 2.50 bits per heavy atom. The minimum Gasteiger partial charge on any atom is -0.479 e. The van der Waals surface area contributed by atoms with E-state index in [9.17, 15) is 14.4 Å². The van der Waals surface area contributed by atoms with E-state index in [0.29, 0.717) is 28.9 Å². The molecular weight excluding hydrogens is 362 g/mol. The SMILES string of the molecule is CC[C@@H](Oc1ccccc1)C(=O)O[C@H](C)C(=O)Nc1ccc2[nH]c(=O)[nH]c2c1. The number of esters is 1. The van der Waals surface area contributed by atoms with Crippen molar-refractivity contribution < 1.29 is 19.1 Å². The summed E-state index contributed by atoms with van der Waals surface area (Å²) in [4.78, 5) is 41.2. The second kappa shape index (κ2) is 8.43. The number of aromatic amines is 2. The van der Waals surface area contributed by atoms with Gasteiger partial charge in [0.15, 0.2) is 12.2 Å². The lowest BCUT2D eigenvalue weighted by Crippen LogP contribution is -2.36. The molecule has 0 saturated heterocycles. The summed E-state index contributed by atoms with van der Waals surface area (Å²) in [5.41, 5.74) is 1.34. The van der Waals surface area contributed by atoms with E-state index in [1.54, 1.807) is 49.4 Å². The Labute approximate surface area is 160 Å². The monoisotopic (exact) mass is 383 g/mol. The van der Waals surface area contributed by atoms with Gasteiger partial charge in [-0.25, -0.2) is 9.59 Å². The van der Waals surface area contributed by atoms with Crippen molar-refractivity contribution in [1.29, 1.82) is 0 Å². The molecule has 2 aromatic carbocycles. The Morgan fingerprint density at radius 2 is 1.79 bits per heavy atom. The van der Waals surface area contributed by atoms with Crippen LogP contribution in [0.15, 0.2) is 53.3 Å². The fourth-order valence-electron chi connectivity index (χ4n) is 2.62. The minimum absolute atomic E-state index is 0.329. The maximum Gasteiger partial charge on any atom is 0.348 e. The molecule has 1 heterocycles. The van der Waals surface area contributed by atoms with Gasteiger partial charge in [0.2, 0.25) is 0 Å². The number of ether oxygens (including phenoxy) is 2. The van der Waals surface area contributed by atoms with Crippen LogP contribution in [0, 0.1) is 0 Å². The third-order valence-electron chi connectivity index (χ3n) is 4.10. The van der Waals surface area contributed by atoms with Crippen LogP contribution in [-0.2, 0) is 14.3 Å². The van der Waals surface area contributed by atoms with Gasteiger partial charge < -0.3 is 24.8 Å². The zero-order chi connectivity index (χ0) is 20.1. The second-order valence-electron chi connectivity index (χ2n) is 6.24. The number of aromatic nitrogens is 2. The number of carbonyl (C=O) groups excluding carboxylic acids is 2. The van der Waals surface area contributed by atoms with E-state index in [-0.39, 0.29) is 5.69 Å². The second-order valence-corrected chi connectivity index (χ2v) is 6.24. The molecule has 1 amide bonds. The number of benzene rings is 2. The highest BCUT2D eigenvalue weighted by molar-refractivity contribution is 5.96. The largest absolute Gasteiger partial charge is 0.479 e. The number of para-hydroxylation sites is 1. The van der Waals surface area contributed by atoms with Crippen LogP contribution >= 0.6 is 0 Å². The number of imidazole rings is 1. The van der Waals surface area contributed by atoms with Gasteiger partial charge in [-0.15, -0.1) is 0 Å². The number of fused-ring (bicyclic) bond motifs is 1. The van der Waals surface area contributed by atoms with E-state index in [4.69, 9.17) is 9.47 Å². The smallest absolute Gasteiger partial charge is 0.348 e. The third kappa shape index (κ3) is 4.59. The lowest BCUT2D eigenvalue weighted by Gasteiger charge is -2.19. The van der Waals surface area contributed by atoms with Crippen LogP contribution in [0.2, 0.25) is 0 Å². The molecule has 8 heteroatoms. The van der Waals surface area contributed by atoms with Gasteiger partial charge in [-0.05, 0) is 43.7 Å². The molecule has 0 fully saturated rings. The van der Waals surface area contributed by atoms with Crippen molar-refractivity contribution >= 4 is 28.6 Å². The van der Waals surface area contributed by atoms with Crippen molar-refractivity contribution in [3.8, 4) is 5.75 Å². The van der Waals surface area contributed by atoms with E-state index in [1.807, 2.05) is 6.07 Å². The molecule has 3 rings (SSSR count). The van der Waals surface area contributed by atoms with E-state index in [2.05, 4.69) is 15.3 Å². The molecule has 0 aliphatic carbocycles. The van der Waals surface area contributed by atoms with E-state index >= 15 is 0 Å². The van der Waals surface area contributed by atoms with Crippen molar-refractivity contribution in [2.45, 2.75) is 32.5 Å². The van der Waals surface area contributed by atoms with Gasteiger partial charge in [0, 0.05) is 5.69 Å². The highest BCUT2D eigenvalue weighted by atomic mass is 16.6. The summed E-state index contributed by atoms with van der Waals surface area (Å²) in [6.07, 6.45) is -1.42. The zero-order valence-corrected chi connectivity index (χ0v) is 15.5. The molecule has 28 heavy (non-hydrogen) atoms. The molecule has 2 atom stereocenters. The number of anilines is 1. The normalized spacial score (nSPS) is 12.9. The highest BCUT2D eigenvalue weighted by Gasteiger charge is 2.25. The quantitative estimate of drug-likeness (QED) is 0.543. The molecule has 0 radical (unpaired) electrons. The average molecular weight is 383 g/mol. The molecule has 0 unspecified atom stereocenters. The van der Waals surface area contributed by atoms with Gasteiger partial charge >= 0.3 is 11.7 Å². The van der Waals surface area contributed by atoms with Gasteiger partial charge in [0.05, 0.1) is 11.0 Å². The van der Waals surface area contributed by atoms with Crippen molar-refractivity contribution in [3.05, 3.63) is 59.0 Å². The zero-order valence-electron chi connectivity index (χ0n) is 15.5. The Kier molecular flexibility index (Phi) is 5.78. The van der Waals surface area contributed by atoms with Crippen molar-refractivity contribution in [1.82, 2.24) is 9.97 Å². The van der Waals surface area contributed by atoms with Gasteiger partial charge in [0.1, 0.15) is 5.75 Å². The number of carbonyl (C=O) groups is 2. The maximum atomic E-state index is 12.4. The number of H-pyrrole nitrogens is 2. The first-order valence-electron chi connectivity index (χ1n) is 8.91. The number of amides is 1. The molecule has 0 bridgehead atoms. The van der Waals surface area contributed by atoms with Crippen LogP contribution in [0.3, 0.4) is 0 Å². The van der Waals surface area contributed by atoms with Crippen LogP contribution in [0.4, 0.5) is 5.69 Å². The van der Waals surface area contributed by atoms with Crippen molar-refractivity contribution in [3.63, 3.8) is 0 Å². The topological polar surface area (TPSA) is 113 Å². The fraction of sp³-hybridized carbons (Fsp3) is 0.250. The summed E-state index contributed by atoms with van der Waals surface area (Å²) in [5, 5.41) is 2.66. The van der Waals surface area contributed by atoms with Gasteiger partial charge in [-0.2, -0.15) is 0 Å². The maximum absolute atomic E-state index is 12.4. The highest BCUT2D eigenvalue weighted by Crippen LogP contribution is 2.16. The summed E-state index contributed by atoms with van der Waals surface area (Å²) in [7, 11) is 0. The van der Waals surface area contributed by atoms with Crippen molar-refractivity contribution in [2.24, 2.45) is 0 Å². The third-order valence-corrected chi connectivity index (χ3v) is 4.10. The number of hydrogen-bond donors (Lipinski definition) is 3. The predicted octanol–water partition coefficient (Wildman–Crippen LogP) is 2.58. The molecule has 3 aromatic rings. The Morgan fingerprint density at radius 1 is 1.07 bits per heavy atom. The van der Waals surface area contributed by atoms with E-state index in [1.165, 1.54) is 6.92 Å². The number of nitrogens with one attached hydrogen (secondary N) is 3. The lowest BCUT2D eigenvalue weighted by atomic mass is 10.2. The molecular formula is C20H21N3O5. The molecule has 0 aliphatic heterocycles. The van der Waals surface area contributed by atoms with Crippen LogP contribution in [-0.4, -0.2) is 34.1 Å². The summed E-state index contributed by atoms with van der Waals surface area (Å²) >= 11 is 0. The minimum atomic E-state index is -1.01. The molecule has 1 aromatic heterocycles. The Hall–Kier alpha value is -3.55. The molecule has 0 spiro atoms. The molecule has 0 aliphatic rings. The predicted molar refractivity (Wildman–Crippen MR) is 104 cm³/mol. The first-order valence-corrected chi connectivity index (χ1v) is 8.91. The summed E-state index contributed by atoms with van der Waals surface area (Å²) in [6.45, 7) is 3.28. The van der Waals surface area contributed by atoms with E-state index in [0.717, 1.165) is 0 Å². The summed E-state index contributed by atoms with van der Waals surface area (Å²) < 4.78 is 10.9. The Bertz CT molecular complexity index is 1030. The molecule has 8 nitrogen and oxygen atoms in total. The summed E-state index contributed by atoms with van der Waals surface area (Å²) in [5.74, 6) is -0.545. The molecule has 146 valence electrons. The van der Waals surface area contributed by atoms with E-state index < -0.39 is 24.1 Å². The number of hydrogen-bond acceptors (Lipinski definition) is 5. The van der Waals surface area contributed by atoms with Crippen LogP contribution in [0.5, 0.6) is 5.75 Å². The van der Waals surface area contributed by atoms with Crippen LogP contribution in [0.1, 0.15) is 20.3 Å². The first-order chi connectivity index (χ1) is 13.5.